The molecule has 0 aromatic heterocycles. The fraction of sp³-hybridized carbons (Fsp3) is 0.938. The molecule has 19 heavy (non-hydrogen) atoms. The van der Waals surface area contributed by atoms with E-state index in [9.17, 15) is 4.79 Å². The van der Waals surface area contributed by atoms with Crippen LogP contribution in [-0.4, -0.2) is 42.0 Å². The number of urea groups is 1. The molecular weight excluding hydrogens is 236 g/mol. The average molecular weight is 268 g/mol. The van der Waals surface area contributed by atoms with Crippen LogP contribution in [0.25, 0.3) is 0 Å². The first-order valence-corrected chi connectivity index (χ1v) is 7.98. The largest absolute Gasteiger partial charge is 0.325 e. The third-order valence-electron chi connectivity index (χ3n) is 3.81. The van der Waals surface area contributed by atoms with E-state index in [1.807, 2.05) is 0 Å². The molecule has 3 nitrogen and oxygen atoms in total. The van der Waals surface area contributed by atoms with E-state index in [0.29, 0.717) is 5.41 Å². The first-order valence-electron chi connectivity index (χ1n) is 7.98. The zero-order valence-electron chi connectivity index (χ0n) is 13.4. The van der Waals surface area contributed by atoms with Crippen molar-refractivity contribution in [2.45, 2.75) is 66.2 Å². The third-order valence-corrected chi connectivity index (χ3v) is 3.81. The van der Waals surface area contributed by atoms with E-state index >= 15 is 0 Å². The van der Waals surface area contributed by atoms with Crippen LogP contribution in [0.3, 0.4) is 0 Å². The van der Waals surface area contributed by atoms with Gasteiger partial charge in [0.2, 0.25) is 0 Å². The lowest BCUT2D eigenvalue weighted by Gasteiger charge is -2.34. The Labute approximate surface area is 119 Å². The number of carbonyl (C=O) groups excluding carboxylic acids is 1. The van der Waals surface area contributed by atoms with Crippen molar-refractivity contribution in [3.8, 4) is 0 Å². The first-order chi connectivity index (χ1) is 8.94. The molecule has 1 fully saturated rings. The van der Waals surface area contributed by atoms with Gasteiger partial charge in [-0.05, 0) is 37.5 Å². The Morgan fingerprint density at radius 2 is 1.74 bits per heavy atom. The van der Waals surface area contributed by atoms with Crippen molar-refractivity contribution in [3.05, 3.63) is 0 Å². The molecular formula is C16H32N2O. The van der Waals surface area contributed by atoms with E-state index in [2.05, 4.69) is 37.5 Å². The molecule has 1 heterocycles. The molecule has 0 bridgehead atoms. The van der Waals surface area contributed by atoms with Gasteiger partial charge in [-0.25, -0.2) is 4.79 Å². The van der Waals surface area contributed by atoms with Crippen molar-refractivity contribution in [1.29, 1.82) is 0 Å². The summed E-state index contributed by atoms with van der Waals surface area (Å²) in [5.41, 5.74) is 0.298. The molecule has 1 aliphatic rings. The van der Waals surface area contributed by atoms with E-state index in [1.165, 1.54) is 19.3 Å². The van der Waals surface area contributed by atoms with Crippen LogP contribution in [0, 0.1) is 5.41 Å². The van der Waals surface area contributed by atoms with Crippen LogP contribution < -0.4 is 0 Å². The summed E-state index contributed by atoms with van der Waals surface area (Å²) >= 11 is 0. The highest BCUT2D eigenvalue weighted by atomic mass is 16.2. The standard InChI is InChI=1S/C16H32N2O/c1-5-6-11-18(14-10-16(2,3)4)15(19)17-12-8-7-9-13-17/h5-14H2,1-4H3. The molecule has 0 aliphatic carbocycles. The maximum Gasteiger partial charge on any atom is 0.319 e. The van der Waals surface area contributed by atoms with Gasteiger partial charge in [0.25, 0.3) is 0 Å². The first kappa shape index (κ1) is 16.3. The number of likely N-dealkylation sites (tertiary alicyclic amines) is 1. The van der Waals surface area contributed by atoms with Gasteiger partial charge in [0, 0.05) is 26.2 Å². The molecule has 0 aromatic carbocycles. The Hall–Kier alpha value is -0.730. The van der Waals surface area contributed by atoms with E-state index in [4.69, 9.17) is 0 Å². The summed E-state index contributed by atoms with van der Waals surface area (Å²) in [5, 5.41) is 0. The van der Waals surface area contributed by atoms with Crippen molar-refractivity contribution >= 4 is 6.03 Å². The quantitative estimate of drug-likeness (QED) is 0.735. The van der Waals surface area contributed by atoms with Gasteiger partial charge in [0.15, 0.2) is 0 Å². The van der Waals surface area contributed by atoms with Crippen LogP contribution in [0.1, 0.15) is 66.2 Å². The number of nitrogens with zero attached hydrogens (tertiary/aromatic N) is 2. The maximum absolute atomic E-state index is 12.6. The number of hydrogen-bond acceptors (Lipinski definition) is 1. The van der Waals surface area contributed by atoms with Gasteiger partial charge in [-0.15, -0.1) is 0 Å². The number of carbonyl (C=O) groups is 1. The van der Waals surface area contributed by atoms with Crippen LogP contribution in [0.15, 0.2) is 0 Å². The maximum atomic E-state index is 12.6. The van der Waals surface area contributed by atoms with Gasteiger partial charge in [-0.3, -0.25) is 0 Å². The van der Waals surface area contributed by atoms with Crippen molar-refractivity contribution in [2.24, 2.45) is 5.41 Å². The van der Waals surface area contributed by atoms with Gasteiger partial charge in [-0.1, -0.05) is 34.1 Å². The fourth-order valence-corrected chi connectivity index (χ4v) is 2.41. The number of piperidine rings is 1. The fourth-order valence-electron chi connectivity index (χ4n) is 2.41. The van der Waals surface area contributed by atoms with Crippen molar-refractivity contribution in [2.75, 3.05) is 26.2 Å². The highest BCUT2D eigenvalue weighted by molar-refractivity contribution is 5.74. The molecule has 0 aromatic rings. The zero-order valence-corrected chi connectivity index (χ0v) is 13.4. The van der Waals surface area contributed by atoms with Crippen molar-refractivity contribution in [1.82, 2.24) is 9.80 Å². The predicted octanol–water partition coefficient (Wildman–Crippen LogP) is 4.13. The number of rotatable bonds is 5. The smallest absolute Gasteiger partial charge is 0.319 e. The van der Waals surface area contributed by atoms with Gasteiger partial charge in [-0.2, -0.15) is 0 Å². The normalized spacial score (nSPS) is 16.5. The molecule has 2 amide bonds. The highest BCUT2D eigenvalue weighted by Gasteiger charge is 2.23. The highest BCUT2D eigenvalue weighted by Crippen LogP contribution is 2.20. The monoisotopic (exact) mass is 268 g/mol. The van der Waals surface area contributed by atoms with Crippen LogP contribution >= 0.6 is 0 Å². The Bertz CT molecular complexity index is 264. The lowest BCUT2D eigenvalue weighted by molar-refractivity contribution is 0.137. The van der Waals surface area contributed by atoms with Crippen LogP contribution in [0.4, 0.5) is 4.79 Å². The third kappa shape index (κ3) is 6.31. The topological polar surface area (TPSA) is 23.6 Å². The molecule has 3 heteroatoms. The number of amides is 2. The van der Waals surface area contributed by atoms with Gasteiger partial charge in [0.1, 0.15) is 0 Å². The van der Waals surface area contributed by atoms with Crippen LogP contribution in [0.5, 0.6) is 0 Å². The second kappa shape index (κ2) is 7.76. The molecule has 0 spiro atoms. The SMILES string of the molecule is CCCCN(CCC(C)(C)C)C(=O)N1CCCCC1. The zero-order chi connectivity index (χ0) is 14.3. The van der Waals surface area contributed by atoms with E-state index < -0.39 is 0 Å². The molecule has 0 saturated carbocycles. The lowest BCUT2D eigenvalue weighted by Crippen LogP contribution is -2.46. The average Bonchev–Trinajstić information content (AvgIpc) is 2.38. The summed E-state index contributed by atoms with van der Waals surface area (Å²) in [6.07, 6.45) is 6.97. The molecule has 0 atom stereocenters. The van der Waals surface area contributed by atoms with Crippen molar-refractivity contribution < 1.29 is 4.79 Å². The molecule has 1 saturated heterocycles. The Balaban J connectivity index is 2.53. The van der Waals surface area contributed by atoms with E-state index in [0.717, 1.165) is 45.4 Å². The molecule has 1 aliphatic heterocycles. The summed E-state index contributed by atoms with van der Waals surface area (Å²) in [7, 11) is 0. The molecule has 0 unspecified atom stereocenters. The second-order valence-corrected chi connectivity index (χ2v) is 6.98. The molecule has 0 radical (unpaired) electrons. The lowest BCUT2D eigenvalue weighted by atomic mass is 9.92. The van der Waals surface area contributed by atoms with E-state index in [1.54, 1.807) is 0 Å². The van der Waals surface area contributed by atoms with Crippen LogP contribution in [0.2, 0.25) is 0 Å². The van der Waals surface area contributed by atoms with Gasteiger partial charge >= 0.3 is 6.03 Å². The van der Waals surface area contributed by atoms with Crippen molar-refractivity contribution in [3.63, 3.8) is 0 Å². The summed E-state index contributed by atoms with van der Waals surface area (Å²) in [6.45, 7) is 12.7. The number of unbranched alkanes of at least 4 members (excludes halogenated alkanes) is 1. The predicted molar refractivity (Wildman–Crippen MR) is 81.4 cm³/mol. The summed E-state index contributed by atoms with van der Waals surface area (Å²) < 4.78 is 0. The molecule has 0 N–H and O–H groups in total. The minimum Gasteiger partial charge on any atom is -0.325 e. The Morgan fingerprint density at radius 3 is 2.26 bits per heavy atom. The minimum absolute atomic E-state index is 0.275. The van der Waals surface area contributed by atoms with Gasteiger partial charge < -0.3 is 9.80 Å². The Kier molecular flexibility index (Phi) is 6.67. The summed E-state index contributed by atoms with van der Waals surface area (Å²) in [4.78, 5) is 16.7. The van der Waals surface area contributed by atoms with Gasteiger partial charge in [0.05, 0.1) is 0 Å². The summed E-state index contributed by atoms with van der Waals surface area (Å²) in [5.74, 6) is 0. The Morgan fingerprint density at radius 1 is 1.11 bits per heavy atom. The minimum atomic E-state index is 0.275. The molecule has 1 rings (SSSR count). The van der Waals surface area contributed by atoms with E-state index in [-0.39, 0.29) is 6.03 Å². The summed E-state index contributed by atoms with van der Waals surface area (Å²) in [6, 6.07) is 0.275. The van der Waals surface area contributed by atoms with Crippen LogP contribution in [-0.2, 0) is 0 Å². The second-order valence-electron chi connectivity index (χ2n) is 6.98. The number of hydrogen-bond donors (Lipinski definition) is 0. The molecule has 112 valence electrons.